The number of halogens is 1. The number of aryl methyl sites for hydroxylation is 1. The third kappa shape index (κ3) is 4.30. The minimum Gasteiger partial charge on any atom is -0.289 e. The lowest BCUT2D eigenvalue weighted by molar-refractivity contribution is 0.510. The number of unbranched alkanes of at least 4 members (excludes halogenated alkanes) is 4. The Kier molecular flexibility index (Phi) is 5.98. The Morgan fingerprint density at radius 1 is 1.10 bits per heavy atom. The van der Waals surface area contributed by atoms with E-state index in [1.807, 2.05) is 6.20 Å². The Hall–Kier alpha value is -1.43. The largest absolute Gasteiger partial charge is 0.289 e. The molecule has 6 heteroatoms. The van der Waals surface area contributed by atoms with Crippen LogP contribution >= 0.6 is 15.9 Å². The fraction of sp³-hybridized carbons (Fsp3) is 0.500. The van der Waals surface area contributed by atoms with Gasteiger partial charge in [0.25, 0.3) is 5.56 Å². The van der Waals surface area contributed by atoms with Gasteiger partial charge in [-0.15, -0.1) is 0 Å². The first-order valence-corrected chi connectivity index (χ1v) is 8.06. The van der Waals surface area contributed by atoms with Crippen LogP contribution in [0.4, 0.5) is 0 Å². The van der Waals surface area contributed by atoms with Crippen molar-refractivity contribution >= 4 is 15.9 Å². The van der Waals surface area contributed by atoms with Crippen molar-refractivity contribution in [2.75, 3.05) is 5.33 Å². The lowest BCUT2D eigenvalue weighted by atomic mass is 10.1. The fourth-order valence-electron chi connectivity index (χ4n) is 2.02. The molecule has 0 atom stereocenters. The molecular formula is C14H19BrN4O. The second-order valence-corrected chi connectivity index (χ2v) is 5.47. The lowest BCUT2D eigenvalue weighted by Crippen LogP contribution is -2.23. The number of alkyl halides is 1. The maximum Gasteiger partial charge on any atom is 0.266 e. The molecule has 2 aromatic heterocycles. The van der Waals surface area contributed by atoms with E-state index in [0.29, 0.717) is 6.54 Å². The summed E-state index contributed by atoms with van der Waals surface area (Å²) < 4.78 is 3.34. The Balaban J connectivity index is 1.91. The van der Waals surface area contributed by atoms with Crippen LogP contribution in [0.3, 0.4) is 0 Å². The Labute approximate surface area is 126 Å². The van der Waals surface area contributed by atoms with Gasteiger partial charge in [0, 0.05) is 30.3 Å². The third-order valence-corrected chi connectivity index (χ3v) is 3.69. The summed E-state index contributed by atoms with van der Waals surface area (Å²) in [6.07, 6.45) is 11.0. The van der Waals surface area contributed by atoms with Crippen LogP contribution in [0.25, 0.3) is 5.82 Å². The molecule has 0 unspecified atom stereocenters. The van der Waals surface area contributed by atoms with Crippen molar-refractivity contribution < 1.29 is 0 Å². The molecule has 0 bridgehead atoms. The average molecular weight is 339 g/mol. The number of hydrogen-bond acceptors (Lipinski definition) is 3. The van der Waals surface area contributed by atoms with Crippen LogP contribution in [0.15, 0.2) is 35.6 Å². The van der Waals surface area contributed by atoms with E-state index < -0.39 is 0 Å². The topological polar surface area (TPSA) is 52.7 Å². The number of imidazole rings is 1. The molecule has 0 aliphatic carbocycles. The monoisotopic (exact) mass is 338 g/mol. The maximum absolute atomic E-state index is 11.8. The SMILES string of the molecule is O=c1ccc(-n2ccnc2)nn1CCCCCCCBr. The number of rotatable bonds is 8. The molecule has 0 saturated heterocycles. The van der Waals surface area contributed by atoms with E-state index in [1.165, 1.54) is 19.3 Å². The minimum absolute atomic E-state index is 0.0469. The number of aromatic nitrogens is 4. The van der Waals surface area contributed by atoms with Gasteiger partial charge in [0.15, 0.2) is 5.82 Å². The number of hydrogen-bond donors (Lipinski definition) is 0. The molecule has 0 saturated carbocycles. The molecule has 0 spiro atoms. The van der Waals surface area contributed by atoms with Gasteiger partial charge in [-0.25, -0.2) is 9.67 Å². The molecule has 0 amide bonds. The lowest BCUT2D eigenvalue weighted by Gasteiger charge is -2.07. The second kappa shape index (κ2) is 7.99. The summed E-state index contributed by atoms with van der Waals surface area (Å²) >= 11 is 3.43. The summed E-state index contributed by atoms with van der Waals surface area (Å²) in [5.41, 5.74) is -0.0469. The highest BCUT2D eigenvalue weighted by Crippen LogP contribution is 2.06. The molecule has 2 aromatic rings. The third-order valence-electron chi connectivity index (χ3n) is 3.13. The summed E-state index contributed by atoms with van der Waals surface area (Å²) in [6.45, 7) is 0.676. The van der Waals surface area contributed by atoms with Gasteiger partial charge in [0.1, 0.15) is 6.33 Å². The zero-order valence-corrected chi connectivity index (χ0v) is 13.0. The van der Waals surface area contributed by atoms with Crippen molar-refractivity contribution in [3.05, 3.63) is 41.2 Å². The molecule has 0 aliphatic rings. The quantitative estimate of drug-likeness (QED) is 0.549. The minimum atomic E-state index is -0.0469. The Bertz CT molecular complexity index is 565. The predicted octanol–water partition coefficient (Wildman–Crippen LogP) is 2.77. The highest BCUT2D eigenvalue weighted by Gasteiger charge is 2.02. The first-order valence-electron chi connectivity index (χ1n) is 6.94. The van der Waals surface area contributed by atoms with E-state index in [-0.39, 0.29) is 5.56 Å². The molecule has 2 rings (SSSR count). The van der Waals surface area contributed by atoms with Crippen LogP contribution in [-0.4, -0.2) is 24.7 Å². The zero-order chi connectivity index (χ0) is 14.2. The first kappa shape index (κ1) is 15.0. The number of nitrogens with zero attached hydrogens (tertiary/aromatic N) is 4. The molecule has 5 nitrogen and oxygen atoms in total. The summed E-state index contributed by atoms with van der Waals surface area (Å²) in [5.74, 6) is 0.724. The molecule has 0 fully saturated rings. The van der Waals surface area contributed by atoms with Gasteiger partial charge in [-0.1, -0.05) is 35.2 Å². The molecule has 0 N–H and O–H groups in total. The highest BCUT2D eigenvalue weighted by molar-refractivity contribution is 9.09. The van der Waals surface area contributed by atoms with E-state index >= 15 is 0 Å². The first-order chi connectivity index (χ1) is 9.81. The smallest absolute Gasteiger partial charge is 0.266 e. The van der Waals surface area contributed by atoms with E-state index in [1.54, 1.807) is 33.9 Å². The Morgan fingerprint density at radius 3 is 2.65 bits per heavy atom. The predicted molar refractivity (Wildman–Crippen MR) is 82.5 cm³/mol. The van der Waals surface area contributed by atoms with E-state index in [0.717, 1.165) is 24.0 Å². The summed E-state index contributed by atoms with van der Waals surface area (Å²) in [5, 5.41) is 5.44. The van der Waals surface area contributed by atoms with Gasteiger partial charge >= 0.3 is 0 Å². The van der Waals surface area contributed by atoms with Gasteiger partial charge in [0.2, 0.25) is 0 Å². The molecule has 0 aromatic carbocycles. The molecule has 0 radical (unpaired) electrons. The van der Waals surface area contributed by atoms with Gasteiger partial charge in [-0.2, -0.15) is 5.10 Å². The van der Waals surface area contributed by atoms with Crippen LogP contribution in [0.5, 0.6) is 0 Å². The summed E-state index contributed by atoms with van der Waals surface area (Å²) in [7, 11) is 0. The van der Waals surface area contributed by atoms with Gasteiger partial charge < -0.3 is 0 Å². The zero-order valence-electron chi connectivity index (χ0n) is 11.4. The molecule has 2 heterocycles. The molecule has 0 aliphatic heterocycles. The van der Waals surface area contributed by atoms with Gasteiger partial charge in [-0.05, 0) is 18.9 Å². The summed E-state index contributed by atoms with van der Waals surface area (Å²) in [6, 6.07) is 3.28. The van der Waals surface area contributed by atoms with Crippen molar-refractivity contribution in [3.8, 4) is 5.82 Å². The van der Waals surface area contributed by atoms with E-state index in [4.69, 9.17) is 0 Å². The van der Waals surface area contributed by atoms with Crippen molar-refractivity contribution in [2.45, 2.75) is 38.6 Å². The highest BCUT2D eigenvalue weighted by atomic mass is 79.9. The van der Waals surface area contributed by atoms with E-state index in [9.17, 15) is 4.79 Å². The summed E-state index contributed by atoms with van der Waals surface area (Å²) in [4.78, 5) is 15.8. The van der Waals surface area contributed by atoms with Crippen molar-refractivity contribution in [2.24, 2.45) is 0 Å². The average Bonchev–Trinajstić information content (AvgIpc) is 2.98. The molecule has 108 valence electrons. The van der Waals surface area contributed by atoms with Crippen molar-refractivity contribution in [3.63, 3.8) is 0 Å². The van der Waals surface area contributed by atoms with Gasteiger partial charge in [0.05, 0.1) is 0 Å². The van der Waals surface area contributed by atoms with Crippen molar-refractivity contribution in [1.29, 1.82) is 0 Å². The van der Waals surface area contributed by atoms with Crippen LogP contribution < -0.4 is 5.56 Å². The van der Waals surface area contributed by atoms with Crippen LogP contribution in [-0.2, 0) is 6.54 Å². The second-order valence-electron chi connectivity index (χ2n) is 4.68. The standard InChI is InChI=1S/C14H19BrN4O/c15-8-4-2-1-3-5-10-19-14(20)7-6-13(17-19)18-11-9-16-12-18/h6-7,9,11-12H,1-5,8,10H2. The normalized spacial score (nSPS) is 10.8. The maximum atomic E-state index is 11.8. The Morgan fingerprint density at radius 2 is 1.90 bits per heavy atom. The van der Waals surface area contributed by atoms with Crippen molar-refractivity contribution in [1.82, 2.24) is 19.3 Å². The molecular weight excluding hydrogens is 320 g/mol. The van der Waals surface area contributed by atoms with Crippen LogP contribution in [0, 0.1) is 0 Å². The van der Waals surface area contributed by atoms with Crippen LogP contribution in [0.2, 0.25) is 0 Å². The van der Waals surface area contributed by atoms with Gasteiger partial charge in [-0.3, -0.25) is 9.36 Å². The van der Waals surface area contributed by atoms with Crippen LogP contribution in [0.1, 0.15) is 32.1 Å². The molecule has 20 heavy (non-hydrogen) atoms. The van der Waals surface area contributed by atoms with E-state index in [2.05, 4.69) is 26.0 Å². The fourth-order valence-corrected chi connectivity index (χ4v) is 2.41.